The fourth-order valence-electron chi connectivity index (χ4n) is 4.83. The van der Waals surface area contributed by atoms with Gasteiger partial charge in [0.05, 0.1) is 0 Å². The maximum absolute atomic E-state index is 12.8. The molecular formula is C23H32N2O2. The topological polar surface area (TPSA) is 49.4 Å². The molecule has 0 radical (unpaired) electrons. The van der Waals surface area contributed by atoms with Crippen molar-refractivity contribution < 1.29 is 9.59 Å². The minimum absolute atomic E-state index is 0.0105. The smallest absolute Gasteiger partial charge is 0.245 e. The lowest BCUT2D eigenvalue weighted by Crippen LogP contribution is -2.47. The molecule has 1 saturated heterocycles. The fourth-order valence-corrected chi connectivity index (χ4v) is 4.83. The lowest BCUT2D eigenvalue weighted by Gasteiger charge is -2.40. The molecule has 1 heterocycles. The van der Waals surface area contributed by atoms with Gasteiger partial charge in [-0.3, -0.25) is 9.59 Å². The highest BCUT2D eigenvalue weighted by atomic mass is 16.2. The van der Waals surface area contributed by atoms with Crippen LogP contribution in [0.15, 0.2) is 36.9 Å². The lowest BCUT2D eigenvalue weighted by atomic mass is 9.68. The molecule has 4 nitrogen and oxygen atoms in total. The van der Waals surface area contributed by atoms with E-state index in [0.717, 1.165) is 32.2 Å². The van der Waals surface area contributed by atoms with Crippen molar-refractivity contribution in [1.82, 2.24) is 10.2 Å². The Kier molecular flexibility index (Phi) is 6.35. The quantitative estimate of drug-likeness (QED) is 0.805. The zero-order valence-corrected chi connectivity index (χ0v) is 16.5. The molecule has 2 amide bonds. The van der Waals surface area contributed by atoms with Gasteiger partial charge in [0.25, 0.3) is 0 Å². The molecule has 2 aliphatic rings. The first-order chi connectivity index (χ1) is 13.1. The summed E-state index contributed by atoms with van der Waals surface area (Å²) < 4.78 is 0. The van der Waals surface area contributed by atoms with Crippen LogP contribution >= 0.6 is 0 Å². The van der Waals surface area contributed by atoms with Crippen LogP contribution < -0.4 is 5.32 Å². The number of likely N-dealkylation sites (tertiary alicyclic amines) is 1. The van der Waals surface area contributed by atoms with Gasteiger partial charge in [-0.2, -0.15) is 0 Å². The third-order valence-electron chi connectivity index (χ3n) is 6.48. The molecule has 3 rings (SSSR count). The maximum Gasteiger partial charge on any atom is 0.245 e. The molecule has 0 spiro atoms. The Labute approximate surface area is 163 Å². The Hall–Kier alpha value is -2.10. The number of hydrogen-bond donors (Lipinski definition) is 1. The number of nitrogens with zero attached hydrogens (tertiary/aromatic N) is 1. The summed E-state index contributed by atoms with van der Waals surface area (Å²) in [5.41, 5.74) is 2.79. The highest BCUT2D eigenvalue weighted by Crippen LogP contribution is 2.40. The fraction of sp³-hybridized carbons (Fsp3) is 0.565. The second-order valence-corrected chi connectivity index (χ2v) is 8.18. The normalized spacial score (nSPS) is 20.1. The number of aryl methyl sites for hydroxylation is 1. The van der Waals surface area contributed by atoms with E-state index in [1.165, 1.54) is 36.5 Å². The van der Waals surface area contributed by atoms with Crippen LogP contribution in [0.1, 0.15) is 56.1 Å². The van der Waals surface area contributed by atoms with Gasteiger partial charge >= 0.3 is 0 Å². The molecule has 2 fully saturated rings. The third kappa shape index (κ3) is 4.42. The number of amides is 2. The molecule has 146 valence electrons. The largest absolute Gasteiger partial charge is 0.355 e. The molecule has 1 saturated carbocycles. The van der Waals surface area contributed by atoms with Crippen LogP contribution in [0, 0.1) is 12.8 Å². The van der Waals surface area contributed by atoms with Gasteiger partial charge in [-0.05, 0) is 49.8 Å². The molecule has 1 aliphatic carbocycles. The Balaban J connectivity index is 1.63. The van der Waals surface area contributed by atoms with Gasteiger partial charge in [0.15, 0.2) is 0 Å². The van der Waals surface area contributed by atoms with Crippen molar-refractivity contribution >= 4 is 11.8 Å². The Morgan fingerprint density at radius 3 is 2.48 bits per heavy atom. The number of carbonyl (C=O) groups is 2. The van der Waals surface area contributed by atoms with E-state index in [1.54, 1.807) is 4.90 Å². The average molecular weight is 369 g/mol. The van der Waals surface area contributed by atoms with Crippen LogP contribution in [0.4, 0.5) is 0 Å². The van der Waals surface area contributed by atoms with Crippen LogP contribution in [-0.2, 0) is 15.0 Å². The first kappa shape index (κ1) is 19.7. The van der Waals surface area contributed by atoms with Gasteiger partial charge in [-0.15, -0.1) is 0 Å². The standard InChI is InChI=1S/C23H32N2O2/c1-3-21(26)25-15-11-19(12-16-25)22(27)24-17-23(13-7-4-8-14-23)20-10-6-5-9-18(20)2/h3,5-6,9-10,19H,1,4,7-8,11-17H2,2H3,(H,24,27). The predicted octanol–water partition coefficient (Wildman–Crippen LogP) is 3.74. The number of hydrogen-bond acceptors (Lipinski definition) is 2. The van der Waals surface area contributed by atoms with E-state index < -0.39 is 0 Å². The van der Waals surface area contributed by atoms with E-state index in [4.69, 9.17) is 0 Å². The van der Waals surface area contributed by atoms with Crippen LogP contribution in [-0.4, -0.2) is 36.3 Å². The molecule has 1 aromatic carbocycles. The SMILES string of the molecule is C=CC(=O)N1CCC(C(=O)NCC2(c3ccccc3C)CCCCC2)CC1. The summed E-state index contributed by atoms with van der Waals surface area (Å²) >= 11 is 0. The van der Waals surface area contributed by atoms with Gasteiger partial charge in [0.1, 0.15) is 0 Å². The lowest BCUT2D eigenvalue weighted by molar-refractivity contribution is -0.132. The third-order valence-corrected chi connectivity index (χ3v) is 6.48. The summed E-state index contributed by atoms with van der Waals surface area (Å²) in [4.78, 5) is 26.3. The number of piperidine rings is 1. The zero-order valence-electron chi connectivity index (χ0n) is 16.5. The minimum atomic E-state index is -0.0328. The molecule has 1 aliphatic heterocycles. The highest BCUT2D eigenvalue weighted by Gasteiger charge is 2.36. The van der Waals surface area contributed by atoms with E-state index in [9.17, 15) is 9.59 Å². The van der Waals surface area contributed by atoms with Crippen molar-refractivity contribution in [2.75, 3.05) is 19.6 Å². The van der Waals surface area contributed by atoms with Crippen LogP contribution in [0.25, 0.3) is 0 Å². The Morgan fingerprint density at radius 1 is 1.19 bits per heavy atom. The summed E-state index contributed by atoms with van der Waals surface area (Å²) in [5, 5.41) is 3.28. The van der Waals surface area contributed by atoms with Gasteiger partial charge in [0, 0.05) is 31.0 Å². The van der Waals surface area contributed by atoms with E-state index in [2.05, 4.69) is 43.1 Å². The Bertz CT molecular complexity index is 683. The molecule has 0 aromatic heterocycles. The number of carbonyl (C=O) groups excluding carboxylic acids is 2. The molecule has 0 bridgehead atoms. The van der Waals surface area contributed by atoms with Crippen molar-refractivity contribution in [2.45, 2.75) is 57.3 Å². The Morgan fingerprint density at radius 2 is 1.85 bits per heavy atom. The molecular weight excluding hydrogens is 336 g/mol. The molecule has 0 atom stereocenters. The predicted molar refractivity (Wildman–Crippen MR) is 108 cm³/mol. The van der Waals surface area contributed by atoms with Crippen molar-refractivity contribution in [3.8, 4) is 0 Å². The van der Waals surface area contributed by atoms with Crippen LogP contribution in [0.3, 0.4) is 0 Å². The van der Waals surface area contributed by atoms with Gasteiger partial charge < -0.3 is 10.2 Å². The second kappa shape index (κ2) is 8.73. The highest BCUT2D eigenvalue weighted by molar-refractivity contribution is 5.87. The van der Waals surface area contributed by atoms with Crippen molar-refractivity contribution in [3.05, 3.63) is 48.0 Å². The first-order valence-electron chi connectivity index (χ1n) is 10.3. The summed E-state index contributed by atoms with van der Waals surface area (Å²) in [6.45, 7) is 7.74. The van der Waals surface area contributed by atoms with E-state index >= 15 is 0 Å². The van der Waals surface area contributed by atoms with Gasteiger partial charge in [-0.25, -0.2) is 0 Å². The summed E-state index contributed by atoms with van der Waals surface area (Å²) in [5.74, 6) is 0.130. The van der Waals surface area contributed by atoms with E-state index in [1.807, 2.05) is 0 Å². The minimum Gasteiger partial charge on any atom is -0.355 e. The molecule has 0 unspecified atom stereocenters. The van der Waals surface area contributed by atoms with Crippen molar-refractivity contribution in [3.63, 3.8) is 0 Å². The van der Waals surface area contributed by atoms with Crippen LogP contribution in [0.5, 0.6) is 0 Å². The monoisotopic (exact) mass is 368 g/mol. The number of benzene rings is 1. The van der Waals surface area contributed by atoms with Crippen molar-refractivity contribution in [2.24, 2.45) is 5.92 Å². The summed E-state index contributed by atoms with van der Waals surface area (Å²) in [7, 11) is 0. The molecule has 1 N–H and O–H groups in total. The molecule has 4 heteroatoms. The van der Waals surface area contributed by atoms with Crippen LogP contribution in [0.2, 0.25) is 0 Å². The van der Waals surface area contributed by atoms with Crippen molar-refractivity contribution in [1.29, 1.82) is 0 Å². The number of rotatable bonds is 5. The maximum atomic E-state index is 12.8. The van der Waals surface area contributed by atoms with Gasteiger partial charge in [-0.1, -0.05) is 50.1 Å². The molecule has 27 heavy (non-hydrogen) atoms. The molecule has 1 aromatic rings. The second-order valence-electron chi connectivity index (χ2n) is 8.18. The van der Waals surface area contributed by atoms with E-state index in [0.29, 0.717) is 13.1 Å². The number of nitrogens with one attached hydrogen (secondary N) is 1. The summed E-state index contributed by atoms with van der Waals surface area (Å²) in [6, 6.07) is 8.63. The first-order valence-corrected chi connectivity index (χ1v) is 10.3. The summed E-state index contributed by atoms with van der Waals surface area (Å²) in [6.07, 6.45) is 8.87. The van der Waals surface area contributed by atoms with E-state index in [-0.39, 0.29) is 23.1 Å². The van der Waals surface area contributed by atoms with Gasteiger partial charge in [0.2, 0.25) is 11.8 Å². The zero-order chi connectivity index (χ0) is 19.3. The average Bonchev–Trinajstić information content (AvgIpc) is 2.72.